The van der Waals surface area contributed by atoms with E-state index in [1.165, 1.54) is 43.9 Å². The normalized spacial score (nSPS) is 14.4. The van der Waals surface area contributed by atoms with Crippen LogP contribution in [0.1, 0.15) is 71.1 Å². The molecule has 2 atom stereocenters. The van der Waals surface area contributed by atoms with Gasteiger partial charge in [-0.1, -0.05) is 57.2 Å². The summed E-state index contributed by atoms with van der Waals surface area (Å²) in [5.74, 6) is 1.04. The summed E-state index contributed by atoms with van der Waals surface area (Å²) in [4.78, 5) is 0. The second-order valence-corrected chi connectivity index (χ2v) is 6.18. The van der Waals surface area contributed by atoms with Gasteiger partial charge in [0.1, 0.15) is 11.3 Å². The average Bonchev–Trinajstić information content (AvgIpc) is 2.91. The summed E-state index contributed by atoms with van der Waals surface area (Å²) in [5, 5.41) is 4.84. The summed E-state index contributed by atoms with van der Waals surface area (Å²) in [7, 11) is 0. The van der Waals surface area contributed by atoms with Gasteiger partial charge in [-0.05, 0) is 32.4 Å². The maximum absolute atomic E-state index is 5.93. The van der Waals surface area contributed by atoms with Crippen LogP contribution in [0.2, 0.25) is 0 Å². The lowest BCUT2D eigenvalue weighted by atomic mass is 10.1. The Morgan fingerprint density at radius 3 is 2.57 bits per heavy atom. The number of furan rings is 1. The van der Waals surface area contributed by atoms with Gasteiger partial charge in [0, 0.05) is 11.4 Å². The Kier molecular flexibility index (Phi) is 6.31. The molecular formula is C19H29NO. The minimum Gasteiger partial charge on any atom is -0.459 e. The van der Waals surface area contributed by atoms with Crippen LogP contribution >= 0.6 is 0 Å². The third-order valence-corrected chi connectivity index (χ3v) is 4.15. The van der Waals surface area contributed by atoms with Crippen molar-refractivity contribution in [2.45, 2.75) is 71.4 Å². The summed E-state index contributed by atoms with van der Waals surface area (Å²) < 4.78 is 5.93. The molecule has 0 saturated carbocycles. The van der Waals surface area contributed by atoms with Crippen molar-refractivity contribution in [1.29, 1.82) is 0 Å². The number of fused-ring (bicyclic) bond motifs is 1. The van der Waals surface area contributed by atoms with Crippen LogP contribution < -0.4 is 5.32 Å². The number of hydrogen-bond donors (Lipinski definition) is 1. The first-order chi connectivity index (χ1) is 10.2. The van der Waals surface area contributed by atoms with Gasteiger partial charge in [0.05, 0.1) is 6.04 Å². The fourth-order valence-corrected chi connectivity index (χ4v) is 2.86. The molecule has 1 N–H and O–H groups in total. The molecule has 2 rings (SSSR count). The largest absolute Gasteiger partial charge is 0.459 e. The second kappa shape index (κ2) is 8.23. The Hall–Kier alpha value is -1.28. The number of hydrogen-bond acceptors (Lipinski definition) is 2. The van der Waals surface area contributed by atoms with Crippen LogP contribution in [0.3, 0.4) is 0 Å². The number of rotatable bonds is 9. The number of para-hydroxylation sites is 1. The number of unbranched alkanes of at least 4 members (excludes halogenated alkanes) is 4. The highest BCUT2D eigenvalue weighted by Crippen LogP contribution is 2.24. The van der Waals surface area contributed by atoms with E-state index in [0.717, 1.165) is 11.3 Å². The predicted octanol–water partition coefficient (Wildman–Crippen LogP) is 5.83. The van der Waals surface area contributed by atoms with Crippen LogP contribution in [0, 0.1) is 0 Å². The molecule has 21 heavy (non-hydrogen) atoms. The maximum atomic E-state index is 5.93. The standard InChI is InChI=1S/C19H29NO/c1-4-5-6-7-8-11-15(2)20-16(3)19-14-17-12-9-10-13-18(17)21-19/h9-10,12-16,20H,4-8,11H2,1-3H3. The molecule has 0 amide bonds. The highest BCUT2D eigenvalue weighted by atomic mass is 16.3. The molecule has 0 radical (unpaired) electrons. The van der Waals surface area contributed by atoms with Crippen molar-refractivity contribution in [2.75, 3.05) is 0 Å². The zero-order valence-corrected chi connectivity index (χ0v) is 13.7. The summed E-state index contributed by atoms with van der Waals surface area (Å²) in [6, 6.07) is 11.2. The topological polar surface area (TPSA) is 25.2 Å². The first kappa shape index (κ1) is 16.1. The molecule has 0 aliphatic rings. The van der Waals surface area contributed by atoms with Gasteiger partial charge in [-0.25, -0.2) is 0 Å². The predicted molar refractivity (Wildman–Crippen MR) is 90.6 cm³/mol. The number of nitrogens with one attached hydrogen (secondary N) is 1. The van der Waals surface area contributed by atoms with E-state index in [0.29, 0.717) is 6.04 Å². The fraction of sp³-hybridized carbons (Fsp3) is 0.579. The van der Waals surface area contributed by atoms with Gasteiger partial charge in [-0.15, -0.1) is 0 Å². The van der Waals surface area contributed by atoms with Crippen molar-refractivity contribution in [1.82, 2.24) is 5.32 Å². The van der Waals surface area contributed by atoms with Gasteiger partial charge in [0.15, 0.2) is 0 Å². The molecule has 0 aliphatic carbocycles. The molecule has 2 unspecified atom stereocenters. The average molecular weight is 287 g/mol. The lowest BCUT2D eigenvalue weighted by Gasteiger charge is -2.18. The van der Waals surface area contributed by atoms with E-state index in [1.54, 1.807) is 0 Å². The van der Waals surface area contributed by atoms with Crippen molar-refractivity contribution in [3.63, 3.8) is 0 Å². The molecule has 1 aromatic heterocycles. The molecule has 0 saturated heterocycles. The quantitative estimate of drug-likeness (QED) is 0.587. The third-order valence-electron chi connectivity index (χ3n) is 4.15. The highest BCUT2D eigenvalue weighted by molar-refractivity contribution is 5.77. The van der Waals surface area contributed by atoms with E-state index < -0.39 is 0 Å². The molecule has 1 heterocycles. The molecule has 0 aliphatic heterocycles. The van der Waals surface area contributed by atoms with Gasteiger partial charge < -0.3 is 9.73 Å². The molecule has 0 spiro atoms. The van der Waals surface area contributed by atoms with Gasteiger partial charge in [0.2, 0.25) is 0 Å². The van der Waals surface area contributed by atoms with E-state index in [9.17, 15) is 0 Å². The van der Waals surface area contributed by atoms with Crippen LogP contribution in [-0.4, -0.2) is 6.04 Å². The maximum Gasteiger partial charge on any atom is 0.134 e. The summed E-state index contributed by atoms with van der Waals surface area (Å²) in [6.07, 6.45) is 7.99. The van der Waals surface area contributed by atoms with E-state index in [4.69, 9.17) is 4.42 Å². The van der Waals surface area contributed by atoms with E-state index in [1.807, 2.05) is 12.1 Å². The minimum absolute atomic E-state index is 0.267. The molecule has 1 aromatic carbocycles. The monoisotopic (exact) mass is 287 g/mol. The summed E-state index contributed by atoms with van der Waals surface area (Å²) in [5.41, 5.74) is 0.980. The summed E-state index contributed by atoms with van der Waals surface area (Å²) >= 11 is 0. The molecular weight excluding hydrogens is 258 g/mol. The smallest absolute Gasteiger partial charge is 0.134 e. The van der Waals surface area contributed by atoms with E-state index in [-0.39, 0.29) is 6.04 Å². The lowest BCUT2D eigenvalue weighted by molar-refractivity contribution is 0.391. The van der Waals surface area contributed by atoms with Gasteiger partial charge >= 0.3 is 0 Å². The van der Waals surface area contributed by atoms with Crippen molar-refractivity contribution in [3.05, 3.63) is 36.1 Å². The SMILES string of the molecule is CCCCCCCC(C)NC(C)c1cc2ccccc2o1. The Morgan fingerprint density at radius 1 is 1.05 bits per heavy atom. The van der Waals surface area contributed by atoms with Crippen molar-refractivity contribution in [2.24, 2.45) is 0 Å². The second-order valence-electron chi connectivity index (χ2n) is 6.18. The van der Waals surface area contributed by atoms with Crippen molar-refractivity contribution >= 4 is 11.0 Å². The van der Waals surface area contributed by atoms with E-state index >= 15 is 0 Å². The van der Waals surface area contributed by atoms with E-state index in [2.05, 4.69) is 44.3 Å². The molecule has 116 valence electrons. The Bertz CT molecular complexity index is 498. The van der Waals surface area contributed by atoms with Crippen LogP contribution in [-0.2, 0) is 0 Å². The fourth-order valence-electron chi connectivity index (χ4n) is 2.86. The van der Waals surface area contributed by atoms with Crippen molar-refractivity contribution < 1.29 is 4.42 Å². The molecule has 2 heteroatoms. The molecule has 2 aromatic rings. The van der Waals surface area contributed by atoms with Crippen LogP contribution in [0.25, 0.3) is 11.0 Å². The van der Waals surface area contributed by atoms with Gasteiger partial charge in [-0.3, -0.25) is 0 Å². The third kappa shape index (κ3) is 4.89. The Morgan fingerprint density at radius 2 is 1.81 bits per heavy atom. The van der Waals surface area contributed by atoms with Gasteiger partial charge in [0.25, 0.3) is 0 Å². The number of benzene rings is 1. The first-order valence-electron chi connectivity index (χ1n) is 8.45. The minimum atomic E-state index is 0.267. The highest BCUT2D eigenvalue weighted by Gasteiger charge is 2.13. The molecule has 0 bridgehead atoms. The molecule has 0 fully saturated rings. The Labute approximate surface area is 128 Å². The van der Waals surface area contributed by atoms with Crippen LogP contribution in [0.5, 0.6) is 0 Å². The first-order valence-corrected chi connectivity index (χ1v) is 8.45. The zero-order valence-electron chi connectivity index (χ0n) is 13.7. The lowest BCUT2D eigenvalue weighted by Crippen LogP contribution is -2.28. The van der Waals surface area contributed by atoms with Crippen molar-refractivity contribution in [3.8, 4) is 0 Å². The van der Waals surface area contributed by atoms with Crippen LogP contribution in [0.15, 0.2) is 34.7 Å². The Balaban J connectivity index is 1.79. The zero-order chi connectivity index (χ0) is 15.1. The van der Waals surface area contributed by atoms with Crippen LogP contribution in [0.4, 0.5) is 0 Å². The summed E-state index contributed by atoms with van der Waals surface area (Å²) in [6.45, 7) is 6.73. The van der Waals surface area contributed by atoms with Gasteiger partial charge in [-0.2, -0.15) is 0 Å². The molecule has 2 nitrogen and oxygen atoms in total.